The highest BCUT2D eigenvalue weighted by Crippen LogP contribution is 2.34. The van der Waals surface area contributed by atoms with Gasteiger partial charge in [0.2, 0.25) is 0 Å². The van der Waals surface area contributed by atoms with Crippen molar-refractivity contribution >= 4 is 33.2 Å². The fraction of sp³-hybridized carbons (Fsp3) is 0.538. The maximum absolute atomic E-state index is 14.1. The number of sulfone groups is 1. The Balaban J connectivity index is 2.44. The summed E-state index contributed by atoms with van der Waals surface area (Å²) in [5.41, 5.74) is 6.09. The van der Waals surface area contributed by atoms with Crippen LogP contribution in [0.1, 0.15) is 11.6 Å². The molecular formula is C13H18ClFN2O2S2. The van der Waals surface area contributed by atoms with Crippen LogP contribution in [0.5, 0.6) is 0 Å². The molecule has 2 rings (SSSR count). The number of nitrogens with two attached hydrogens (primary N) is 1. The molecule has 2 unspecified atom stereocenters. The van der Waals surface area contributed by atoms with E-state index in [0.717, 1.165) is 5.75 Å². The molecule has 1 aliphatic rings. The van der Waals surface area contributed by atoms with E-state index in [1.165, 1.54) is 18.4 Å². The predicted octanol–water partition coefficient (Wildman–Crippen LogP) is 1.90. The Kier molecular flexibility index (Phi) is 5.54. The first-order chi connectivity index (χ1) is 9.86. The number of hydrogen-bond acceptors (Lipinski definition) is 5. The molecule has 2 N–H and O–H groups in total. The van der Waals surface area contributed by atoms with Gasteiger partial charge in [0.25, 0.3) is 0 Å². The molecule has 1 aromatic rings. The van der Waals surface area contributed by atoms with Crippen LogP contribution in [0.2, 0.25) is 5.02 Å². The predicted molar refractivity (Wildman–Crippen MR) is 85.9 cm³/mol. The Morgan fingerprint density at radius 3 is 2.86 bits per heavy atom. The summed E-state index contributed by atoms with van der Waals surface area (Å²) in [5, 5.41) is -0.392. The Morgan fingerprint density at radius 2 is 2.29 bits per heavy atom. The summed E-state index contributed by atoms with van der Waals surface area (Å²) in [7, 11) is -3.28. The van der Waals surface area contributed by atoms with Crippen LogP contribution in [-0.2, 0) is 9.84 Å². The van der Waals surface area contributed by atoms with E-state index in [2.05, 4.69) is 0 Å². The second-order valence-corrected chi connectivity index (χ2v) is 8.74. The summed E-state index contributed by atoms with van der Waals surface area (Å²) in [6.45, 7) is 0.645. The molecule has 2 atom stereocenters. The topological polar surface area (TPSA) is 63.4 Å². The lowest BCUT2D eigenvalue weighted by molar-refractivity contribution is 0.194. The highest BCUT2D eigenvalue weighted by molar-refractivity contribution is 8.00. The maximum Gasteiger partial charge on any atom is 0.164 e. The van der Waals surface area contributed by atoms with Gasteiger partial charge in [-0.2, -0.15) is 11.8 Å². The van der Waals surface area contributed by atoms with E-state index in [4.69, 9.17) is 17.3 Å². The van der Waals surface area contributed by atoms with Crippen LogP contribution in [0, 0.1) is 5.82 Å². The molecule has 0 amide bonds. The number of rotatable bonds is 4. The van der Waals surface area contributed by atoms with Gasteiger partial charge in [0.15, 0.2) is 9.84 Å². The minimum Gasteiger partial charge on any atom is -0.329 e. The van der Waals surface area contributed by atoms with Crippen molar-refractivity contribution in [3.8, 4) is 0 Å². The van der Waals surface area contributed by atoms with Crippen molar-refractivity contribution in [2.45, 2.75) is 11.4 Å². The Bertz CT molecular complexity index is 592. The highest BCUT2D eigenvalue weighted by Gasteiger charge is 2.37. The molecule has 21 heavy (non-hydrogen) atoms. The first-order valence-electron chi connectivity index (χ1n) is 6.52. The second-order valence-electron chi connectivity index (χ2n) is 4.98. The zero-order valence-electron chi connectivity index (χ0n) is 11.6. The smallest absolute Gasteiger partial charge is 0.164 e. The number of halogens is 2. The molecule has 1 heterocycles. The minimum absolute atomic E-state index is 0.108. The Labute approximate surface area is 133 Å². The molecule has 0 aromatic heterocycles. The van der Waals surface area contributed by atoms with Crippen LogP contribution < -0.4 is 5.73 Å². The molecule has 1 saturated heterocycles. The number of thioether (sulfide) groups is 1. The Morgan fingerprint density at radius 1 is 1.57 bits per heavy atom. The van der Waals surface area contributed by atoms with E-state index in [9.17, 15) is 12.8 Å². The summed E-state index contributed by atoms with van der Waals surface area (Å²) in [6.07, 6.45) is 1.20. The van der Waals surface area contributed by atoms with Crippen molar-refractivity contribution < 1.29 is 12.8 Å². The number of hydrogen-bond donors (Lipinski definition) is 1. The molecule has 0 spiro atoms. The van der Waals surface area contributed by atoms with Gasteiger partial charge in [0.1, 0.15) is 11.2 Å². The molecule has 118 valence electrons. The summed E-state index contributed by atoms with van der Waals surface area (Å²) in [4.78, 5) is 1.76. The molecule has 1 aromatic carbocycles. The summed E-state index contributed by atoms with van der Waals surface area (Å²) >= 11 is 7.68. The molecule has 1 aliphatic heterocycles. The molecular weight excluding hydrogens is 335 g/mol. The van der Waals surface area contributed by atoms with E-state index in [-0.39, 0.29) is 17.1 Å². The largest absolute Gasteiger partial charge is 0.329 e. The van der Waals surface area contributed by atoms with Crippen molar-refractivity contribution in [2.75, 3.05) is 30.9 Å². The van der Waals surface area contributed by atoms with Gasteiger partial charge in [-0.15, -0.1) is 0 Å². The van der Waals surface area contributed by atoms with E-state index < -0.39 is 27.1 Å². The number of benzene rings is 1. The average molecular weight is 353 g/mol. The lowest BCUT2D eigenvalue weighted by Gasteiger charge is -2.39. The Hall–Kier alpha value is -0.340. The molecule has 1 fully saturated rings. The summed E-state index contributed by atoms with van der Waals surface area (Å²) < 4.78 is 38.1. The normalized spacial score (nSPS) is 22.2. The van der Waals surface area contributed by atoms with Crippen molar-refractivity contribution in [3.05, 3.63) is 34.6 Å². The highest BCUT2D eigenvalue weighted by atomic mass is 35.5. The summed E-state index contributed by atoms with van der Waals surface area (Å²) in [5.74, 6) is 0.791. The van der Waals surface area contributed by atoms with Gasteiger partial charge in [0, 0.05) is 41.4 Å². The third kappa shape index (κ3) is 3.71. The van der Waals surface area contributed by atoms with Crippen molar-refractivity contribution in [1.82, 2.24) is 4.90 Å². The fourth-order valence-electron chi connectivity index (χ4n) is 2.57. The third-order valence-corrected chi connectivity index (χ3v) is 6.56. The van der Waals surface area contributed by atoms with E-state index in [1.54, 1.807) is 22.7 Å². The molecule has 4 nitrogen and oxygen atoms in total. The van der Waals surface area contributed by atoms with Gasteiger partial charge in [-0.1, -0.05) is 17.7 Å². The summed E-state index contributed by atoms with van der Waals surface area (Å²) in [6, 6.07) is 3.89. The molecule has 0 aliphatic carbocycles. The molecule has 0 radical (unpaired) electrons. The van der Waals surface area contributed by atoms with Gasteiger partial charge in [-0.3, -0.25) is 4.90 Å². The standard InChI is InChI=1S/C13H18ClFN2O2S2/c1-21(18,19)12-8-20-6-5-17(12)11(7-16)13-9(14)3-2-4-10(13)15/h2-4,11-12H,5-8,16H2,1H3. The van der Waals surface area contributed by atoms with E-state index in [1.807, 2.05) is 0 Å². The van der Waals surface area contributed by atoms with Crippen LogP contribution >= 0.6 is 23.4 Å². The lowest BCUT2D eigenvalue weighted by atomic mass is 10.0. The molecule has 8 heteroatoms. The zero-order chi connectivity index (χ0) is 15.6. The van der Waals surface area contributed by atoms with Crippen LogP contribution in [0.3, 0.4) is 0 Å². The van der Waals surface area contributed by atoms with E-state index in [0.29, 0.717) is 12.3 Å². The monoisotopic (exact) mass is 352 g/mol. The van der Waals surface area contributed by atoms with Crippen molar-refractivity contribution in [1.29, 1.82) is 0 Å². The van der Waals surface area contributed by atoms with Gasteiger partial charge in [-0.05, 0) is 12.1 Å². The third-order valence-electron chi connectivity index (χ3n) is 3.57. The first-order valence-corrected chi connectivity index (χ1v) is 10.0. The second kappa shape index (κ2) is 6.83. The van der Waals surface area contributed by atoms with Crippen molar-refractivity contribution in [2.24, 2.45) is 5.73 Å². The van der Waals surface area contributed by atoms with Gasteiger partial charge < -0.3 is 5.73 Å². The molecule has 0 saturated carbocycles. The van der Waals surface area contributed by atoms with Crippen LogP contribution in [0.25, 0.3) is 0 Å². The average Bonchev–Trinajstić information content (AvgIpc) is 2.42. The fourth-order valence-corrected chi connectivity index (χ4v) is 5.78. The quantitative estimate of drug-likeness (QED) is 0.896. The number of nitrogens with zero attached hydrogens (tertiary/aromatic N) is 1. The SMILES string of the molecule is CS(=O)(=O)C1CSCCN1C(CN)c1c(F)cccc1Cl. The first kappa shape index (κ1) is 17.0. The van der Waals surface area contributed by atoms with E-state index >= 15 is 0 Å². The van der Waals surface area contributed by atoms with Crippen LogP contribution in [0.4, 0.5) is 4.39 Å². The van der Waals surface area contributed by atoms with Crippen molar-refractivity contribution in [3.63, 3.8) is 0 Å². The van der Waals surface area contributed by atoms with Gasteiger partial charge >= 0.3 is 0 Å². The van der Waals surface area contributed by atoms with Crippen LogP contribution in [-0.4, -0.2) is 49.5 Å². The maximum atomic E-state index is 14.1. The minimum atomic E-state index is -3.28. The van der Waals surface area contributed by atoms with Gasteiger partial charge in [-0.25, -0.2) is 12.8 Å². The lowest BCUT2D eigenvalue weighted by Crippen LogP contribution is -2.50. The van der Waals surface area contributed by atoms with Crippen LogP contribution in [0.15, 0.2) is 18.2 Å². The zero-order valence-corrected chi connectivity index (χ0v) is 14.0. The molecule has 0 bridgehead atoms. The van der Waals surface area contributed by atoms with Gasteiger partial charge in [0.05, 0.1) is 6.04 Å².